The van der Waals surface area contributed by atoms with Crippen molar-refractivity contribution in [3.8, 4) is 0 Å². The lowest BCUT2D eigenvalue weighted by atomic mass is 9.96. The molecule has 0 radical (unpaired) electrons. The second kappa shape index (κ2) is 8.52. The Morgan fingerprint density at radius 3 is 2.61 bits per heavy atom. The molecule has 1 aliphatic heterocycles. The predicted molar refractivity (Wildman–Crippen MR) is 76.6 cm³/mol. The van der Waals surface area contributed by atoms with Crippen molar-refractivity contribution in [2.24, 2.45) is 5.92 Å². The molecule has 0 spiro atoms. The van der Waals surface area contributed by atoms with E-state index < -0.39 is 0 Å². The summed E-state index contributed by atoms with van der Waals surface area (Å²) in [6.45, 7) is 9.47. The van der Waals surface area contributed by atoms with E-state index in [9.17, 15) is 4.79 Å². The van der Waals surface area contributed by atoms with E-state index in [-0.39, 0.29) is 5.92 Å². The summed E-state index contributed by atoms with van der Waals surface area (Å²) in [5.41, 5.74) is 0. The average molecular weight is 254 g/mol. The zero-order valence-corrected chi connectivity index (χ0v) is 12.4. The van der Waals surface area contributed by atoms with E-state index >= 15 is 0 Å². The SMILES string of the molecule is CCCCC(CC)C(=O)N(CCC)C1CCNC1. The molecule has 0 aromatic carbocycles. The van der Waals surface area contributed by atoms with Gasteiger partial charge >= 0.3 is 0 Å². The van der Waals surface area contributed by atoms with Gasteiger partial charge in [0.1, 0.15) is 0 Å². The van der Waals surface area contributed by atoms with Crippen LogP contribution in [-0.4, -0.2) is 36.5 Å². The smallest absolute Gasteiger partial charge is 0.225 e. The molecule has 0 aromatic rings. The molecule has 0 bridgehead atoms. The summed E-state index contributed by atoms with van der Waals surface area (Å²) in [6.07, 6.45) is 6.59. The van der Waals surface area contributed by atoms with Gasteiger partial charge in [-0.1, -0.05) is 33.6 Å². The number of hydrogen-bond acceptors (Lipinski definition) is 2. The Morgan fingerprint density at radius 1 is 1.33 bits per heavy atom. The topological polar surface area (TPSA) is 32.3 Å². The number of hydrogen-bond donors (Lipinski definition) is 1. The summed E-state index contributed by atoms with van der Waals surface area (Å²) in [6, 6.07) is 0.438. The Bertz CT molecular complexity index is 237. The number of nitrogens with zero attached hydrogens (tertiary/aromatic N) is 1. The van der Waals surface area contributed by atoms with Gasteiger partial charge in [0.25, 0.3) is 0 Å². The molecule has 0 aromatic heterocycles. The minimum Gasteiger partial charge on any atom is -0.338 e. The second-order valence-electron chi connectivity index (χ2n) is 5.43. The fraction of sp³-hybridized carbons (Fsp3) is 0.933. The lowest BCUT2D eigenvalue weighted by Gasteiger charge is -2.31. The predicted octanol–water partition coefficient (Wildman–Crippen LogP) is 2.80. The first-order valence-electron chi connectivity index (χ1n) is 7.75. The average Bonchev–Trinajstić information content (AvgIpc) is 2.90. The summed E-state index contributed by atoms with van der Waals surface area (Å²) in [5, 5.41) is 3.37. The van der Waals surface area contributed by atoms with Gasteiger partial charge in [0, 0.05) is 25.0 Å². The standard InChI is InChI=1S/C15H30N2O/c1-4-7-8-13(6-3)15(18)17(11-5-2)14-9-10-16-12-14/h13-14,16H,4-12H2,1-3H3. The van der Waals surface area contributed by atoms with E-state index in [0.717, 1.165) is 45.3 Å². The Balaban J connectivity index is 2.60. The first kappa shape index (κ1) is 15.5. The molecular formula is C15H30N2O. The minimum atomic E-state index is 0.247. The van der Waals surface area contributed by atoms with Crippen molar-refractivity contribution < 1.29 is 4.79 Å². The van der Waals surface area contributed by atoms with Crippen molar-refractivity contribution in [1.82, 2.24) is 10.2 Å². The first-order chi connectivity index (χ1) is 8.74. The maximum Gasteiger partial charge on any atom is 0.225 e. The van der Waals surface area contributed by atoms with Gasteiger partial charge in [-0.15, -0.1) is 0 Å². The van der Waals surface area contributed by atoms with E-state index in [2.05, 4.69) is 31.0 Å². The third-order valence-electron chi connectivity index (χ3n) is 3.97. The lowest BCUT2D eigenvalue weighted by Crippen LogP contribution is -2.45. The Hall–Kier alpha value is -0.570. The van der Waals surface area contributed by atoms with Crippen LogP contribution in [0.15, 0.2) is 0 Å². The Morgan fingerprint density at radius 2 is 2.11 bits per heavy atom. The van der Waals surface area contributed by atoms with Crippen molar-refractivity contribution in [2.75, 3.05) is 19.6 Å². The monoisotopic (exact) mass is 254 g/mol. The fourth-order valence-corrected chi connectivity index (χ4v) is 2.81. The zero-order chi connectivity index (χ0) is 13.4. The molecule has 1 aliphatic rings. The summed E-state index contributed by atoms with van der Waals surface area (Å²) in [5.74, 6) is 0.651. The molecule has 0 saturated carbocycles. The molecule has 1 saturated heterocycles. The van der Waals surface area contributed by atoms with Gasteiger partial charge in [0.05, 0.1) is 0 Å². The van der Waals surface area contributed by atoms with Crippen molar-refractivity contribution >= 4 is 5.91 Å². The molecule has 3 heteroatoms. The number of carbonyl (C=O) groups is 1. The summed E-state index contributed by atoms with van der Waals surface area (Å²) in [4.78, 5) is 14.8. The van der Waals surface area contributed by atoms with Gasteiger partial charge in [0.15, 0.2) is 0 Å². The largest absolute Gasteiger partial charge is 0.338 e. The van der Waals surface area contributed by atoms with Crippen LogP contribution in [0.1, 0.15) is 59.3 Å². The minimum absolute atomic E-state index is 0.247. The van der Waals surface area contributed by atoms with Gasteiger partial charge < -0.3 is 10.2 Å². The van der Waals surface area contributed by atoms with Crippen LogP contribution in [0.4, 0.5) is 0 Å². The summed E-state index contributed by atoms with van der Waals surface area (Å²) >= 11 is 0. The van der Waals surface area contributed by atoms with Crippen LogP contribution in [0.3, 0.4) is 0 Å². The summed E-state index contributed by atoms with van der Waals surface area (Å²) in [7, 11) is 0. The Labute approximate surface area is 112 Å². The molecule has 18 heavy (non-hydrogen) atoms. The van der Waals surface area contributed by atoms with Crippen LogP contribution >= 0.6 is 0 Å². The van der Waals surface area contributed by atoms with E-state index in [1.54, 1.807) is 0 Å². The molecule has 1 amide bonds. The van der Waals surface area contributed by atoms with Crippen LogP contribution < -0.4 is 5.32 Å². The number of carbonyl (C=O) groups excluding carboxylic acids is 1. The Kier molecular flexibility index (Phi) is 7.33. The van der Waals surface area contributed by atoms with Crippen molar-refractivity contribution in [2.45, 2.75) is 65.3 Å². The number of rotatable bonds is 8. The van der Waals surface area contributed by atoms with E-state index in [1.807, 2.05) is 0 Å². The molecule has 0 aliphatic carbocycles. The van der Waals surface area contributed by atoms with Crippen LogP contribution in [0.5, 0.6) is 0 Å². The quantitative estimate of drug-likeness (QED) is 0.722. The third kappa shape index (κ3) is 4.27. The highest BCUT2D eigenvalue weighted by atomic mass is 16.2. The van der Waals surface area contributed by atoms with Crippen molar-refractivity contribution in [1.29, 1.82) is 0 Å². The van der Waals surface area contributed by atoms with E-state index in [4.69, 9.17) is 0 Å². The van der Waals surface area contributed by atoms with Gasteiger partial charge in [0.2, 0.25) is 5.91 Å². The number of nitrogens with one attached hydrogen (secondary N) is 1. The van der Waals surface area contributed by atoms with E-state index in [0.29, 0.717) is 11.9 Å². The third-order valence-corrected chi connectivity index (χ3v) is 3.97. The highest BCUT2D eigenvalue weighted by Gasteiger charge is 2.29. The molecule has 2 atom stereocenters. The molecule has 1 heterocycles. The van der Waals surface area contributed by atoms with E-state index in [1.165, 1.54) is 12.8 Å². The number of amides is 1. The maximum absolute atomic E-state index is 12.7. The normalized spacial score (nSPS) is 20.9. The first-order valence-corrected chi connectivity index (χ1v) is 7.75. The van der Waals surface area contributed by atoms with Crippen LogP contribution in [0.2, 0.25) is 0 Å². The van der Waals surface area contributed by atoms with Crippen LogP contribution in [-0.2, 0) is 4.79 Å². The maximum atomic E-state index is 12.7. The van der Waals surface area contributed by atoms with Crippen LogP contribution in [0, 0.1) is 5.92 Å². The molecule has 1 rings (SSSR count). The van der Waals surface area contributed by atoms with Crippen molar-refractivity contribution in [3.63, 3.8) is 0 Å². The number of unbranched alkanes of at least 4 members (excludes halogenated alkanes) is 1. The molecule has 1 N–H and O–H groups in total. The van der Waals surface area contributed by atoms with Gasteiger partial charge in [-0.3, -0.25) is 4.79 Å². The molecule has 106 valence electrons. The second-order valence-corrected chi connectivity index (χ2v) is 5.43. The molecule has 2 unspecified atom stereocenters. The zero-order valence-electron chi connectivity index (χ0n) is 12.4. The van der Waals surface area contributed by atoms with Crippen molar-refractivity contribution in [3.05, 3.63) is 0 Å². The van der Waals surface area contributed by atoms with Gasteiger partial charge in [-0.25, -0.2) is 0 Å². The molecular weight excluding hydrogens is 224 g/mol. The fourth-order valence-electron chi connectivity index (χ4n) is 2.81. The highest BCUT2D eigenvalue weighted by molar-refractivity contribution is 5.79. The molecule has 3 nitrogen and oxygen atoms in total. The van der Waals surface area contributed by atoms with Gasteiger partial charge in [-0.05, 0) is 32.2 Å². The van der Waals surface area contributed by atoms with Crippen LogP contribution in [0.25, 0.3) is 0 Å². The summed E-state index contributed by atoms with van der Waals surface area (Å²) < 4.78 is 0. The van der Waals surface area contributed by atoms with Gasteiger partial charge in [-0.2, -0.15) is 0 Å². The lowest BCUT2D eigenvalue weighted by molar-refractivity contribution is -0.138. The molecule has 1 fully saturated rings. The highest BCUT2D eigenvalue weighted by Crippen LogP contribution is 2.19.